The third-order valence-corrected chi connectivity index (χ3v) is 4.69. The van der Waals surface area contributed by atoms with Crippen LogP contribution in [0.3, 0.4) is 0 Å². The van der Waals surface area contributed by atoms with Crippen LogP contribution in [0.2, 0.25) is 0 Å². The van der Waals surface area contributed by atoms with Gasteiger partial charge in [-0.3, -0.25) is 4.90 Å². The normalized spacial score (nSPS) is 11.3. The summed E-state index contributed by atoms with van der Waals surface area (Å²) in [5.41, 5.74) is 2.62. The molecule has 0 fully saturated rings. The molecule has 0 aliphatic heterocycles. The maximum absolute atomic E-state index is 10.3. The second-order valence-electron chi connectivity index (χ2n) is 6.19. The molecule has 0 saturated heterocycles. The van der Waals surface area contributed by atoms with E-state index in [0.29, 0.717) is 24.6 Å². The van der Waals surface area contributed by atoms with E-state index in [4.69, 9.17) is 0 Å². The minimum Gasteiger partial charge on any atom is -0.508 e. The van der Waals surface area contributed by atoms with Gasteiger partial charge in [-0.05, 0) is 48.5 Å². The Labute approximate surface area is 150 Å². The molecule has 3 rings (SSSR count). The van der Waals surface area contributed by atoms with Gasteiger partial charge in [0.15, 0.2) is 0 Å². The smallest absolute Gasteiger partial charge is 0.123 e. The van der Waals surface area contributed by atoms with Crippen LogP contribution < -0.4 is 0 Å². The van der Waals surface area contributed by atoms with Gasteiger partial charge in [0.1, 0.15) is 11.5 Å². The number of phenolic OH excluding ortho intramolecular Hbond substituents is 2. The van der Waals surface area contributed by atoms with E-state index in [9.17, 15) is 10.2 Å². The van der Waals surface area contributed by atoms with Crippen LogP contribution in [-0.4, -0.2) is 22.2 Å². The van der Waals surface area contributed by atoms with Crippen molar-refractivity contribution in [2.45, 2.75) is 20.0 Å². The first-order valence-corrected chi connectivity index (χ1v) is 8.61. The predicted octanol–water partition coefficient (Wildman–Crippen LogP) is 4.95. The van der Waals surface area contributed by atoms with Crippen molar-refractivity contribution >= 4 is 26.7 Å². The van der Waals surface area contributed by atoms with E-state index in [2.05, 4.69) is 20.8 Å². The number of phenols is 2. The molecule has 3 aromatic carbocycles. The number of fused-ring (bicyclic) bond motifs is 1. The molecule has 4 heteroatoms. The molecule has 2 N–H and O–H groups in total. The second-order valence-corrected chi connectivity index (χ2v) is 7.10. The quantitative estimate of drug-likeness (QED) is 0.667. The molecule has 0 atom stereocenters. The van der Waals surface area contributed by atoms with E-state index in [1.807, 2.05) is 56.4 Å². The molecule has 0 saturated carbocycles. The van der Waals surface area contributed by atoms with Crippen molar-refractivity contribution in [1.29, 1.82) is 0 Å². The van der Waals surface area contributed by atoms with Gasteiger partial charge in [-0.15, -0.1) is 0 Å². The van der Waals surface area contributed by atoms with Crippen LogP contribution in [0.1, 0.15) is 16.7 Å². The lowest BCUT2D eigenvalue weighted by molar-refractivity contribution is 0.308. The van der Waals surface area contributed by atoms with Crippen molar-refractivity contribution in [3.05, 3.63) is 69.7 Å². The summed E-state index contributed by atoms with van der Waals surface area (Å²) in [6.07, 6.45) is 0. The zero-order valence-electron chi connectivity index (χ0n) is 13.8. The lowest BCUT2D eigenvalue weighted by Crippen LogP contribution is -2.17. The number of rotatable bonds is 4. The number of nitrogens with zero attached hydrogens (tertiary/aromatic N) is 1. The lowest BCUT2D eigenvalue weighted by atomic mass is 10.0. The van der Waals surface area contributed by atoms with Gasteiger partial charge in [-0.25, -0.2) is 0 Å². The summed E-state index contributed by atoms with van der Waals surface area (Å²) in [4.78, 5) is 2.09. The maximum Gasteiger partial charge on any atom is 0.123 e. The molecule has 0 aliphatic carbocycles. The Morgan fingerprint density at radius 2 is 1.75 bits per heavy atom. The second kappa shape index (κ2) is 6.83. The Hall–Kier alpha value is -2.04. The molecule has 0 aliphatic rings. The van der Waals surface area contributed by atoms with E-state index in [0.717, 1.165) is 31.9 Å². The maximum atomic E-state index is 10.3. The van der Waals surface area contributed by atoms with Crippen molar-refractivity contribution < 1.29 is 10.2 Å². The number of benzene rings is 3. The topological polar surface area (TPSA) is 43.7 Å². The van der Waals surface area contributed by atoms with Crippen LogP contribution in [0.15, 0.2) is 53.0 Å². The van der Waals surface area contributed by atoms with E-state index in [1.165, 1.54) is 0 Å². The van der Waals surface area contributed by atoms with Gasteiger partial charge >= 0.3 is 0 Å². The Kier molecular flexibility index (Phi) is 4.78. The zero-order valence-corrected chi connectivity index (χ0v) is 15.3. The van der Waals surface area contributed by atoms with Gasteiger partial charge in [-0.1, -0.05) is 46.3 Å². The van der Waals surface area contributed by atoms with Gasteiger partial charge < -0.3 is 10.2 Å². The van der Waals surface area contributed by atoms with Gasteiger partial charge in [-0.2, -0.15) is 0 Å². The highest BCUT2D eigenvalue weighted by Crippen LogP contribution is 2.30. The molecule has 3 nitrogen and oxygen atoms in total. The fourth-order valence-electron chi connectivity index (χ4n) is 3.03. The average Bonchev–Trinajstić information content (AvgIpc) is 2.55. The third-order valence-electron chi connectivity index (χ3n) is 4.23. The summed E-state index contributed by atoms with van der Waals surface area (Å²) in [6, 6.07) is 15.5. The SMILES string of the molecule is Cc1cc(Br)cc(CN(C)Cc2c(O)ccc3ccccc23)c1O. The minimum absolute atomic E-state index is 0.301. The summed E-state index contributed by atoms with van der Waals surface area (Å²) in [6.45, 7) is 3.08. The van der Waals surface area contributed by atoms with Gasteiger partial charge in [0.05, 0.1) is 0 Å². The summed E-state index contributed by atoms with van der Waals surface area (Å²) in [5.74, 6) is 0.627. The summed E-state index contributed by atoms with van der Waals surface area (Å²) in [7, 11) is 1.98. The van der Waals surface area contributed by atoms with E-state index in [-0.39, 0.29) is 0 Å². The molecule has 0 heterocycles. The van der Waals surface area contributed by atoms with E-state index < -0.39 is 0 Å². The molecular formula is C20H20BrNO2. The van der Waals surface area contributed by atoms with Crippen LogP contribution >= 0.6 is 15.9 Å². The van der Waals surface area contributed by atoms with Gasteiger partial charge in [0, 0.05) is 28.7 Å². The first-order chi connectivity index (χ1) is 11.5. The lowest BCUT2D eigenvalue weighted by Gasteiger charge is -2.20. The highest BCUT2D eigenvalue weighted by atomic mass is 79.9. The summed E-state index contributed by atoms with van der Waals surface area (Å²) >= 11 is 3.48. The average molecular weight is 386 g/mol. The molecule has 3 aromatic rings. The van der Waals surface area contributed by atoms with Crippen molar-refractivity contribution in [3.63, 3.8) is 0 Å². The standard InChI is InChI=1S/C20H20BrNO2/c1-13-9-16(21)10-15(20(13)24)11-22(2)12-18-17-6-4-3-5-14(17)7-8-19(18)23/h3-10,23-24H,11-12H2,1-2H3. The van der Waals surface area contributed by atoms with Crippen LogP contribution in [0.25, 0.3) is 10.8 Å². The molecule has 0 amide bonds. The molecule has 0 aromatic heterocycles. The minimum atomic E-state index is 0.301. The van der Waals surface area contributed by atoms with E-state index in [1.54, 1.807) is 6.07 Å². The number of halogens is 1. The van der Waals surface area contributed by atoms with Crippen molar-refractivity contribution in [1.82, 2.24) is 4.90 Å². The molecular weight excluding hydrogens is 366 g/mol. The Bertz CT molecular complexity index is 892. The number of aryl methyl sites for hydroxylation is 1. The van der Waals surface area contributed by atoms with Crippen LogP contribution in [0.5, 0.6) is 11.5 Å². The Morgan fingerprint density at radius 1 is 1.00 bits per heavy atom. The largest absolute Gasteiger partial charge is 0.508 e. The molecule has 124 valence electrons. The van der Waals surface area contributed by atoms with Crippen LogP contribution in [0.4, 0.5) is 0 Å². The number of hydrogen-bond acceptors (Lipinski definition) is 3. The third kappa shape index (κ3) is 3.40. The van der Waals surface area contributed by atoms with Crippen LogP contribution in [0, 0.1) is 6.92 Å². The monoisotopic (exact) mass is 385 g/mol. The highest BCUT2D eigenvalue weighted by molar-refractivity contribution is 9.10. The van der Waals surface area contributed by atoms with Crippen molar-refractivity contribution in [3.8, 4) is 11.5 Å². The fourth-order valence-corrected chi connectivity index (χ4v) is 3.65. The Morgan fingerprint density at radius 3 is 2.54 bits per heavy atom. The molecule has 0 unspecified atom stereocenters. The first kappa shape index (κ1) is 16.8. The molecule has 0 bridgehead atoms. The first-order valence-electron chi connectivity index (χ1n) is 7.82. The van der Waals surface area contributed by atoms with E-state index >= 15 is 0 Å². The van der Waals surface area contributed by atoms with Gasteiger partial charge in [0.2, 0.25) is 0 Å². The Balaban J connectivity index is 1.88. The van der Waals surface area contributed by atoms with Crippen molar-refractivity contribution in [2.75, 3.05) is 7.05 Å². The van der Waals surface area contributed by atoms with Gasteiger partial charge in [0.25, 0.3) is 0 Å². The fraction of sp³-hybridized carbons (Fsp3) is 0.200. The summed E-state index contributed by atoms with van der Waals surface area (Å²) < 4.78 is 0.953. The molecule has 24 heavy (non-hydrogen) atoms. The zero-order chi connectivity index (χ0) is 17.3. The molecule has 0 radical (unpaired) electrons. The molecule has 0 spiro atoms. The highest BCUT2D eigenvalue weighted by Gasteiger charge is 2.13. The van der Waals surface area contributed by atoms with Crippen molar-refractivity contribution in [2.24, 2.45) is 0 Å². The number of hydrogen-bond donors (Lipinski definition) is 2. The number of aromatic hydroxyl groups is 2. The van der Waals surface area contributed by atoms with Crippen LogP contribution in [-0.2, 0) is 13.1 Å². The predicted molar refractivity (Wildman–Crippen MR) is 101 cm³/mol. The summed E-state index contributed by atoms with van der Waals surface area (Å²) in [5, 5.41) is 22.7.